The number of hydrogen-bond donors (Lipinski definition) is 2. The first-order valence-electron chi connectivity index (χ1n) is 10.7. The van der Waals surface area contributed by atoms with Crippen molar-refractivity contribution in [2.45, 2.75) is 25.9 Å². The van der Waals surface area contributed by atoms with E-state index in [4.69, 9.17) is 12.2 Å². The van der Waals surface area contributed by atoms with Crippen molar-refractivity contribution in [3.8, 4) is 11.4 Å². The van der Waals surface area contributed by atoms with Crippen molar-refractivity contribution >= 4 is 23.0 Å². The Morgan fingerprint density at radius 2 is 1.76 bits per heavy atom. The smallest absolute Gasteiger partial charge is 0.174 e. The summed E-state index contributed by atoms with van der Waals surface area (Å²) in [6, 6.07) is 21.2. The van der Waals surface area contributed by atoms with Crippen LogP contribution in [-0.4, -0.2) is 19.8 Å². The molecule has 1 fully saturated rings. The fourth-order valence-electron chi connectivity index (χ4n) is 4.66. The molecule has 0 saturated carbocycles. The Balaban J connectivity index is 1.68. The normalized spacial score (nSPS) is 17.9. The first-order valence-corrected chi connectivity index (χ1v) is 11.1. The van der Waals surface area contributed by atoms with Crippen molar-refractivity contribution < 1.29 is 9.50 Å². The highest BCUT2D eigenvalue weighted by Crippen LogP contribution is 2.43. The number of rotatable bonds is 4. The van der Waals surface area contributed by atoms with Crippen LogP contribution in [0.25, 0.3) is 5.69 Å². The lowest BCUT2D eigenvalue weighted by Crippen LogP contribution is -2.29. The third-order valence-corrected chi connectivity index (χ3v) is 6.40. The molecule has 33 heavy (non-hydrogen) atoms. The Morgan fingerprint density at radius 1 is 0.970 bits per heavy atom. The van der Waals surface area contributed by atoms with Crippen LogP contribution < -0.4 is 10.2 Å². The van der Waals surface area contributed by atoms with Gasteiger partial charge in [-0.1, -0.05) is 12.1 Å². The minimum Gasteiger partial charge on any atom is -0.508 e. The zero-order valence-electron chi connectivity index (χ0n) is 18.2. The van der Waals surface area contributed by atoms with Crippen LogP contribution in [0.3, 0.4) is 0 Å². The predicted octanol–water partition coefficient (Wildman–Crippen LogP) is 5.51. The second kappa shape index (κ2) is 8.33. The molecule has 7 heteroatoms. The molecule has 1 saturated heterocycles. The van der Waals surface area contributed by atoms with E-state index >= 15 is 0 Å². The van der Waals surface area contributed by atoms with Crippen LogP contribution in [0, 0.1) is 19.7 Å². The molecule has 0 radical (unpaired) electrons. The Bertz CT molecular complexity index is 1320. The fourth-order valence-corrected chi connectivity index (χ4v) is 5.01. The van der Waals surface area contributed by atoms with E-state index < -0.39 is 0 Å². The number of benzene rings is 2. The Hall–Kier alpha value is -3.71. The molecule has 5 nitrogen and oxygen atoms in total. The molecule has 0 unspecified atom stereocenters. The molecule has 3 heterocycles. The molecule has 166 valence electrons. The van der Waals surface area contributed by atoms with Crippen LogP contribution in [0.2, 0.25) is 0 Å². The maximum Gasteiger partial charge on any atom is 0.174 e. The predicted molar refractivity (Wildman–Crippen MR) is 131 cm³/mol. The zero-order valence-corrected chi connectivity index (χ0v) is 19.1. The van der Waals surface area contributed by atoms with Gasteiger partial charge in [0.1, 0.15) is 11.6 Å². The molecule has 1 aliphatic rings. The summed E-state index contributed by atoms with van der Waals surface area (Å²) in [6.45, 7) is 4.06. The number of nitrogens with one attached hydrogen (secondary N) is 1. The molecule has 5 rings (SSSR count). The van der Waals surface area contributed by atoms with Crippen molar-refractivity contribution in [3.63, 3.8) is 0 Å². The van der Waals surface area contributed by atoms with Gasteiger partial charge in [0.2, 0.25) is 0 Å². The summed E-state index contributed by atoms with van der Waals surface area (Å²) in [7, 11) is 0. The molecule has 2 aromatic heterocycles. The van der Waals surface area contributed by atoms with Crippen LogP contribution in [0.15, 0.2) is 79.0 Å². The number of hydrogen-bond acceptors (Lipinski definition) is 3. The van der Waals surface area contributed by atoms with Crippen LogP contribution in [0.4, 0.5) is 10.1 Å². The van der Waals surface area contributed by atoms with E-state index in [1.807, 2.05) is 50.2 Å². The van der Waals surface area contributed by atoms with Crippen LogP contribution in [0.1, 0.15) is 34.7 Å². The van der Waals surface area contributed by atoms with Crippen molar-refractivity contribution in [2.75, 3.05) is 4.90 Å². The number of aromatic hydroxyl groups is 1. The van der Waals surface area contributed by atoms with Gasteiger partial charge in [0.25, 0.3) is 0 Å². The van der Waals surface area contributed by atoms with Crippen molar-refractivity contribution in [1.29, 1.82) is 0 Å². The van der Waals surface area contributed by atoms with E-state index in [1.54, 1.807) is 24.4 Å². The van der Waals surface area contributed by atoms with E-state index in [0.717, 1.165) is 34.0 Å². The van der Waals surface area contributed by atoms with Gasteiger partial charge in [-0.25, -0.2) is 4.39 Å². The standard InChI is InChI=1S/C26H23FN4OS/c1-16-14-22(17(2)30(16)20-7-5-6-18(27)15-20)25-24(23-8-3-4-13-28-23)29-26(33)31(25)19-9-11-21(32)12-10-19/h3-15,24-25,32H,1-2H3,(H,29,33)/t24-,25-/m0/s1. The molecule has 0 aliphatic carbocycles. The second-order valence-corrected chi connectivity index (χ2v) is 8.54. The number of anilines is 1. The topological polar surface area (TPSA) is 53.3 Å². The lowest BCUT2D eigenvalue weighted by Gasteiger charge is -2.28. The highest BCUT2D eigenvalue weighted by Gasteiger charge is 2.42. The number of aryl methyl sites for hydroxylation is 1. The maximum absolute atomic E-state index is 14.0. The number of pyridine rings is 1. The molecule has 0 spiro atoms. The molecule has 2 atom stereocenters. The number of halogens is 1. The minimum atomic E-state index is -0.276. The first kappa shape index (κ1) is 21.2. The highest BCUT2D eigenvalue weighted by atomic mass is 32.1. The van der Waals surface area contributed by atoms with E-state index in [0.29, 0.717) is 5.11 Å². The summed E-state index contributed by atoms with van der Waals surface area (Å²) >= 11 is 5.77. The number of phenols is 1. The minimum absolute atomic E-state index is 0.186. The lowest BCUT2D eigenvalue weighted by atomic mass is 9.96. The van der Waals surface area contributed by atoms with Gasteiger partial charge in [-0.15, -0.1) is 0 Å². The Morgan fingerprint density at radius 3 is 2.45 bits per heavy atom. The van der Waals surface area contributed by atoms with Gasteiger partial charge in [0.15, 0.2) is 5.11 Å². The van der Waals surface area contributed by atoms with E-state index in [2.05, 4.69) is 25.8 Å². The van der Waals surface area contributed by atoms with Gasteiger partial charge in [-0.3, -0.25) is 4.98 Å². The average molecular weight is 459 g/mol. The number of nitrogens with zero attached hydrogens (tertiary/aromatic N) is 3. The summed E-state index contributed by atoms with van der Waals surface area (Å²) in [5.41, 5.74) is 5.57. The van der Waals surface area contributed by atoms with E-state index in [-0.39, 0.29) is 23.7 Å². The molecular formula is C26H23FN4OS. The third kappa shape index (κ3) is 3.74. The fraction of sp³-hybridized carbons (Fsp3) is 0.154. The number of thiocarbonyl (C=S) groups is 1. The SMILES string of the molecule is Cc1cc([C@H]2[C@H](c3ccccn3)NC(=S)N2c2ccc(O)cc2)c(C)n1-c1cccc(F)c1. The lowest BCUT2D eigenvalue weighted by molar-refractivity contribution is 0.475. The second-order valence-electron chi connectivity index (χ2n) is 8.15. The maximum atomic E-state index is 14.0. The van der Waals surface area contributed by atoms with Gasteiger partial charge in [-0.05, 0) is 92.3 Å². The first-order chi connectivity index (χ1) is 15.9. The summed E-state index contributed by atoms with van der Waals surface area (Å²) in [5.74, 6) is -0.0822. The third-order valence-electron chi connectivity index (χ3n) is 6.08. The van der Waals surface area contributed by atoms with Gasteiger partial charge in [0.05, 0.1) is 17.8 Å². The van der Waals surface area contributed by atoms with Gasteiger partial charge in [-0.2, -0.15) is 0 Å². The average Bonchev–Trinajstić information content (AvgIpc) is 3.30. The molecule has 0 bridgehead atoms. The summed E-state index contributed by atoms with van der Waals surface area (Å²) < 4.78 is 16.1. The summed E-state index contributed by atoms with van der Waals surface area (Å²) in [5, 5.41) is 13.8. The Labute approximate surface area is 197 Å². The molecule has 4 aromatic rings. The van der Waals surface area contributed by atoms with Gasteiger partial charge in [0, 0.05) is 29.0 Å². The Kier molecular flexibility index (Phi) is 5.34. The van der Waals surface area contributed by atoms with Crippen molar-refractivity contribution in [2.24, 2.45) is 0 Å². The monoisotopic (exact) mass is 458 g/mol. The van der Waals surface area contributed by atoms with Crippen LogP contribution in [-0.2, 0) is 0 Å². The van der Waals surface area contributed by atoms with E-state index in [9.17, 15) is 9.50 Å². The van der Waals surface area contributed by atoms with Crippen molar-refractivity contribution in [3.05, 3.63) is 107 Å². The molecule has 1 aliphatic heterocycles. The number of phenolic OH excluding ortho intramolecular Hbond substituents is 1. The molecule has 2 N–H and O–H groups in total. The van der Waals surface area contributed by atoms with Crippen LogP contribution in [0.5, 0.6) is 5.75 Å². The molecule has 2 aromatic carbocycles. The van der Waals surface area contributed by atoms with Gasteiger partial charge < -0.3 is 19.9 Å². The summed E-state index contributed by atoms with van der Waals surface area (Å²) in [4.78, 5) is 6.66. The zero-order chi connectivity index (χ0) is 23.1. The molecular weight excluding hydrogens is 435 g/mol. The highest BCUT2D eigenvalue weighted by molar-refractivity contribution is 7.80. The largest absolute Gasteiger partial charge is 0.508 e. The van der Waals surface area contributed by atoms with Gasteiger partial charge >= 0.3 is 0 Å². The van der Waals surface area contributed by atoms with E-state index in [1.165, 1.54) is 12.1 Å². The summed E-state index contributed by atoms with van der Waals surface area (Å²) in [6.07, 6.45) is 1.77. The quantitative estimate of drug-likeness (QED) is 0.395. The van der Waals surface area contributed by atoms with Crippen LogP contribution >= 0.6 is 12.2 Å². The molecule has 0 amide bonds. The number of aromatic nitrogens is 2. The van der Waals surface area contributed by atoms with Crippen molar-refractivity contribution in [1.82, 2.24) is 14.9 Å².